The number of thiazole rings is 1. The molecule has 1 amide bonds. The van der Waals surface area contributed by atoms with Crippen molar-refractivity contribution in [3.8, 4) is 17.2 Å². The molecule has 5 rings (SSSR count). The molecule has 39 heavy (non-hydrogen) atoms. The van der Waals surface area contributed by atoms with Crippen molar-refractivity contribution in [3.05, 3.63) is 95.6 Å². The molecule has 1 aliphatic heterocycles. The summed E-state index contributed by atoms with van der Waals surface area (Å²) in [5, 5.41) is 11.8. The number of Topliss-reactive ketones (excluding diaryl/α,β-unsaturated/α-hetero) is 1. The number of aliphatic hydroxyl groups excluding tert-OH is 1. The van der Waals surface area contributed by atoms with Gasteiger partial charge in [-0.1, -0.05) is 36.1 Å². The lowest BCUT2D eigenvalue weighted by molar-refractivity contribution is -0.132. The van der Waals surface area contributed by atoms with Gasteiger partial charge in [-0.05, 0) is 66.6 Å². The summed E-state index contributed by atoms with van der Waals surface area (Å²) < 4.78 is 17.1. The average Bonchev–Trinajstić information content (AvgIpc) is 3.49. The summed E-state index contributed by atoms with van der Waals surface area (Å²) in [6.45, 7) is 5.83. The lowest BCUT2D eigenvalue weighted by Crippen LogP contribution is -2.29. The molecule has 8 nitrogen and oxygen atoms in total. The zero-order chi connectivity index (χ0) is 27.7. The molecule has 1 aliphatic rings. The third-order valence-electron chi connectivity index (χ3n) is 6.47. The van der Waals surface area contributed by atoms with Crippen molar-refractivity contribution >= 4 is 44.1 Å². The maximum absolute atomic E-state index is 13.5. The number of carbonyl (C=O) groups excluding carboxylic acids is 2. The third kappa shape index (κ3) is 4.72. The summed E-state index contributed by atoms with van der Waals surface area (Å²) in [7, 11) is 3.13. The topological polar surface area (TPSA) is 98.2 Å². The smallest absolute Gasteiger partial charge is 0.301 e. The van der Waals surface area contributed by atoms with E-state index >= 15 is 0 Å². The minimum Gasteiger partial charge on any atom is -0.507 e. The molecule has 4 aromatic rings. The highest BCUT2D eigenvalue weighted by Gasteiger charge is 2.48. The van der Waals surface area contributed by atoms with E-state index in [4.69, 9.17) is 14.2 Å². The molecule has 0 radical (unpaired) electrons. The third-order valence-corrected chi connectivity index (χ3v) is 7.48. The van der Waals surface area contributed by atoms with Gasteiger partial charge in [-0.15, -0.1) is 0 Å². The molecule has 0 spiro atoms. The van der Waals surface area contributed by atoms with Gasteiger partial charge in [0, 0.05) is 5.56 Å². The van der Waals surface area contributed by atoms with E-state index in [1.807, 2.05) is 13.0 Å². The second-order valence-corrected chi connectivity index (χ2v) is 9.86. The maximum Gasteiger partial charge on any atom is 0.301 e. The van der Waals surface area contributed by atoms with Gasteiger partial charge >= 0.3 is 5.91 Å². The predicted octanol–water partition coefficient (Wildman–Crippen LogP) is 5.81. The van der Waals surface area contributed by atoms with Crippen LogP contribution in [0.1, 0.15) is 22.7 Å². The normalized spacial score (nSPS) is 16.5. The van der Waals surface area contributed by atoms with Crippen molar-refractivity contribution in [2.75, 3.05) is 25.7 Å². The molecule has 1 aromatic heterocycles. The molecule has 1 fully saturated rings. The Morgan fingerprint density at radius 3 is 2.46 bits per heavy atom. The number of aromatic nitrogens is 1. The first kappa shape index (κ1) is 26.0. The van der Waals surface area contributed by atoms with Crippen LogP contribution in [0.2, 0.25) is 0 Å². The number of ketones is 1. The van der Waals surface area contributed by atoms with E-state index < -0.39 is 17.7 Å². The molecule has 0 aliphatic carbocycles. The van der Waals surface area contributed by atoms with E-state index in [0.717, 1.165) is 10.3 Å². The molecule has 198 valence electrons. The number of anilines is 1. The Morgan fingerprint density at radius 1 is 1.05 bits per heavy atom. The number of methoxy groups -OCH3 is 2. The number of amides is 1. The van der Waals surface area contributed by atoms with Crippen LogP contribution < -0.4 is 19.1 Å². The summed E-state index contributed by atoms with van der Waals surface area (Å²) >= 11 is 1.26. The largest absolute Gasteiger partial charge is 0.507 e. The van der Waals surface area contributed by atoms with Crippen LogP contribution >= 0.6 is 11.3 Å². The molecule has 9 heteroatoms. The number of rotatable bonds is 8. The Balaban J connectivity index is 1.67. The Labute approximate surface area is 229 Å². The fourth-order valence-electron chi connectivity index (χ4n) is 4.55. The van der Waals surface area contributed by atoms with Gasteiger partial charge < -0.3 is 19.3 Å². The fraction of sp³-hybridized carbons (Fsp3) is 0.167. The number of benzene rings is 3. The molecule has 1 N–H and O–H groups in total. The number of ether oxygens (including phenoxy) is 3. The van der Waals surface area contributed by atoms with Gasteiger partial charge in [0.15, 0.2) is 5.13 Å². The maximum atomic E-state index is 13.5. The second-order valence-electron chi connectivity index (χ2n) is 8.85. The van der Waals surface area contributed by atoms with Gasteiger partial charge in [0.25, 0.3) is 5.78 Å². The Morgan fingerprint density at radius 2 is 1.79 bits per heavy atom. The summed E-state index contributed by atoms with van der Waals surface area (Å²) in [6, 6.07) is 16.6. The zero-order valence-electron chi connectivity index (χ0n) is 21.6. The summed E-state index contributed by atoms with van der Waals surface area (Å²) in [5.74, 6) is 0.0549. The Kier molecular flexibility index (Phi) is 7.08. The van der Waals surface area contributed by atoms with Gasteiger partial charge in [0.05, 0.1) is 36.1 Å². The van der Waals surface area contributed by atoms with Gasteiger partial charge in [-0.3, -0.25) is 14.5 Å². The van der Waals surface area contributed by atoms with Crippen LogP contribution in [0.5, 0.6) is 17.2 Å². The molecular weight excluding hydrogens is 516 g/mol. The summed E-state index contributed by atoms with van der Waals surface area (Å²) in [4.78, 5) is 33.0. The quantitative estimate of drug-likeness (QED) is 0.130. The minimum absolute atomic E-state index is 0.0267. The average molecular weight is 543 g/mol. The number of aliphatic hydroxyl groups is 1. The fourth-order valence-corrected chi connectivity index (χ4v) is 5.57. The Hall–Kier alpha value is -4.63. The second kappa shape index (κ2) is 10.6. The van der Waals surface area contributed by atoms with Crippen molar-refractivity contribution in [2.24, 2.45) is 0 Å². The van der Waals surface area contributed by atoms with Crippen molar-refractivity contribution in [1.29, 1.82) is 0 Å². The number of nitrogens with zero attached hydrogens (tertiary/aromatic N) is 2. The predicted molar refractivity (Wildman–Crippen MR) is 151 cm³/mol. The van der Waals surface area contributed by atoms with Crippen LogP contribution in [-0.2, 0) is 9.59 Å². The van der Waals surface area contributed by atoms with Crippen molar-refractivity contribution in [1.82, 2.24) is 4.98 Å². The molecule has 1 saturated heterocycles. The van der Waals surface area contributed by atoms with E-state index in [1.165, 1.54) is 16.2 Å². The van der Waals surface area contributed by atoms with Crippen molar-refractivity contribution in [3.63, 3.8) is 0 Å². The lowest BCUT2D eigenvalue weighted by atomic mass is 9.95. The number of fused-ring (bicyclic) bond motifs is 1. The van der Waals surface area contributed by atoms with Gasteiger partial charge in [-0.25, -0.2) is 4.98 Å². The molecule has 0 unspecified atom stereocenters. The van der Waals surface area contributed by atoms with Crippen LogP contribution in [-0.4, -0.2) is 42.6 Å². The summed E-state index contributed by atoms with van der Waals surface area (Å²) in [6.07, 6.45) is 1.64. The Bertz CT molecular complexity index is 1620. The van der Waals surface area contributed by atoms with E-state index in [1.54, 1.807) is 74.9 Å². The first-order valence-corrected chi connectivity index (χ1v) is 12.9. The molecule has 0 saturated carbocycles. The van der Waals surface area contributed by atoms with Crippen molar-refractivity contribution in [2.45, 2.75) is 13.0 Å². The van der Waals surface area contributed by atoms with E-state index in [2.05, 4.69) is 11.6 Å². The molecule has 0 bridgehead atoms. The van der Waals surface area contributed by atoms with Crippen molar-refractivity contribution < 1.29 is 28.9 Å². The van der Waals surface area contributed by atoms with E-state index in [-0.39, 0.29) is 11.3 Å². The highest BCUT2D eigenvalue weighted by atomic mass is 32.1. The minimum atomic E-state index is -0.914. The highest BCUT2D eigenvalue weighted by Crippen LogP contribution is 2.45. The van der Waals surface area contributed by atoms with Crippen LogP contribution in [0.25, 0.3) is 16.0 Å². The van der Waals surface area contributed by atoms with E-state index in [9.17, 15) is 14.7 Å². The molecule has 1 atom stereocenters. The van der Waals surface area contributed by atoms with Crippen LogP contribution in [0.4, 0.5) is 5.13 Å². The van der Waals surface area contributed by atoms with Gasteiger partial charge in [0.1, 0.15) is 29.6 Å². The molecular formula is C30H26N2O6S. The first-order chi connectivity index (χ1) is 18.9. The van der Waals surface area contributed by atoms with Gasteiger partial charge in [-0.2, -0.15) is 0 Å². The van der Waals surface area contributed by atoms with Crippen LogP contribution in [0, 0.1) is 6.92 Å². The number of carbonyl (C=O) groups is 2. The zero-order valence-corrected chi connectivity index (χ0v) is 22.5. The first-order valence-electron chi connectivity index (χ1n) is 12.1. The van der Waals surface area contributed by atoms with Crippen LogP contribution in [0.3, 0.4) is 0 Å². The standard InChI is InChI=1S/C30H26N2O6S/c1-5-14-38-20-9-6-18(7-10-20)26-25(27(33)19-8-13-23(37-4)17(2)15-19)28(34)29(35)32(26)30-31-22-12-11-21(36-3)16-24(22)39-30/h5-13,15-16,26,33H,1,14H2,2-4H3/b27-25+/t26-/m1/s1. The number of hydrogen-bond donors (Lipinski definition) is 1. The molecule has 2 heterocycles. The molecule has 3 aromatic carbocycles. The number of hydrogen-bond acceptors (Lipinski definition) is 8. The lowest BCUT2D eigenvalue weighted by Gasteiger charge is -2.23. The number of aryl methyl sites for hydroxylation is 1. The van der Waals surface area contributed by atoms with Crippen LogP contribution in [0.15, 0.2) is 78.9 Å². The SMILES string of the molecule is C=CCOc1ccc([C@@H]2/C(=C(\O)c3ccc(OC)c(C)c3)C(=O)C(=O)N2c2nc3ccc(OC)cc3s2)cc1. The van der Waals surface area contributed by atoms with E-state index in [0.29, 0.717) is 45.6 Å². The monoisotopic (exact) mass is 542 g/mol. The van der Waals surface area contributed by atoms with Gasteiger partial charge in [0.2, 0.25) is 0 Å². The summed E-state index contributed by atoms with van der Waals surface area (Å²) in [5.41, 5.74) is 2.42. The highest BCUT2D eigenvalue weighted by molar-refractivity contribution is 7.22.